The Balaban J connectivity index is 1.61. The average molecular weight is 262 g/mol. The number of anilines is 1. The van der Waals surface area contributed by atoms with Crippen molar-refractivity contribution in [2.45, 2.75) is 0 Å². The Morgan fingerprint density at radius 1 is 1.00 bits per heavy atom. The number of aromatic amines is 1. The van der Waals surface area contributed by atoms with Crippen molar-refractivity contribution >= 4 is 29.3 Å². The van der Waals surface area contributed by atoms with E-state index in [2.05, 4.69) is 20.5 Å². The molecule has 4 heteroatoms. The van der Waals surface area contributed by atoms with Gasteiger partial charge in [0.15, 0.2) is 0 Å². The average Bonchev–Trinajstić information content (AvgIpc) is 2.90. The number of imidazole rings is 1. The van der Waals surface area contributed by atoms with Gasteiger partial charge in [-0.25, -0.2) is 10.4 Å². The van der Waals surface area contributed by atoms with E-state index in [1.165, 1.54) is 0 Å². The van der Waals surface area contributed by atoms with Gasteiger partial charge >= 0.3 is 0 Å². The lowest BCUT2D eigenvalue weighted by atomic mass is 10.2. The van der Waals surface area contributed by atoms with Gasteiger partial charge in [0, 0.05) is 6.21 Å². The number of hydrogen-bond acceptors (Lipinski definition) is 3. The summed E-state index contributed by atoms with van der Waals surface area (Å²) in [6.07, 6.45) is 5.56. The van der Waals surface area contributed by atoms with Crippen molar-refractivity contribution in [3.8, 4) is 0 Å². The summed E-state index contributed by atoms with van der Waals surface area (Å²) in [5.74, 6) is 0.635. The number of rotatable bonds is 4. The van der Waals surface area contributed by atoms with Crippen molar-refractivity contribution in [2.75, 3.05) is 5.43 Å². The number of para-hydroxylation sites is 2. The van der Waals surface area contributed by atoms with Gasteiger partial charge in [-0.05, 0) is 23.8 Å². The third-order valence-electron chi connectivity index (χ3n) is 2.81. The molecule has 0 atom stereocenters. The van der Waals surface area contributed by atoms with Crippen LogP contribution in [0.3, 0.4) is 0 Å². The first-order chi connectivity index (χ1) is 9.92. The maximum absolute atomic E-state index is 4.36. The normalized spacial score (nSPS) is 11.6. The first-order valence-electron chi connectivity index (χ1n) is 6.37. The Hall–Kier alpha value is -2.88. The largest absolute Gasteiger partial charge is 0.323 e. The molecule has 2 N–H and O–H groups in total. The summed E-state index contributed by atoms with van der Waals surface area (Å²) in [5.41, 5.74) is 5.93. The summed E-state index contributed by atoms with van der Waals surface area (Å²) in [7, 11) is 0. The van der Waals surface area contributed by atoms with Gasteiger partial charge in [0.05, 0.1) is 11.0 Å². The first-order valence-corrected chi connectivity index (χ1v) is 6.37. The Bertz CT molecular complexity index is 708. The Morgan fingerprint density at radius 3 is 2.65 bits per heavy atom. The molecule has 1 aromatic heterocycles. The third kappa shape index (κ3) is 2.92. The van der Waals surface area contributed by atoms with E-state index in [0.29, 0.717) is 5.95 Å². The second-order valence-corrected chi connectivity index (χ2v) is 4.26. The van der Waals surface area contributed by atoms with Crippen molar-refractivity contribution < 1.29 is 0 Å². The lowest BCUT2D eigenvalue weighted by Gasteiger charge is -1.91. The molecule has 0 spiro atoms. The number of H-pyrrole nitrogens is 1. The van der Waals surface area contributed by atoms with Crippen molar-refractivity contribution in [3.05, 3.63) is 66.2 Å². The molecule has 0 unspecified atom stereocenters. The Kier molecular flexibility index (Phi) is 3.55. The molecule has 98 valence electrons. The molecule has 3 rings (SSSR count). The molecule has 0 aliphatic carbocycles. The molecule has 0 amide bonds. The fourth-order valence-electron chi connectivity index (χ4n) is 1.87. The van der Waals surface area contributed by atoms with Crippen LogP contribution in [0, 0.1) is 0 Å². The van der Waals surface area contributed by atoms with Crippen molar-refractivity contribution in [1.29, 1.82) is 0 Å². The fourth-order valence-corrected chi connectivity index (χ4v) is 1.87. The van der Waals surface area contributed by atoms with Gasteiger partial charge in [-0.3, -0.25) is 0 Å². The van der Waals surface area contributed by atoms with Crippen molar-refractivity contribution in [3.63, 3.8) is 0 Å². The van der Waals surface area contributed by atoms with Gasteiger partial charge in [-0.2, -0.15) is 5.10 Å². The monoisotopic (exact) mass is 262 g/mol. The SMILES string of the molecule is C(=C\c1ccccc1)/C=N/Nc1nc2ccccc2[nH]1. The third-order valence-corrected chi connectivity index (χ3v) is 2.81. The number of benzene rings is 2. The predicted octanol–water partition coefficient (Wildman–Crippen LogP) is 3.67. The number of allylic oxidation sites excluding steroid dienone is 1. The minimum atomic E-state index is 0.635. The molecule has 0 saturated carbocycles. The fraction of sp³-hybridized carbons (Fsp3) is 0. The van der Waals surface area contributed by atoms with Crippen molar-refractivity contribution in [2.24, 2.45) is 5.10 Å². The van der Waals surface area contributed by atoms with Crippen LogP contribution in [0.4, 0.5) is 5.95 Å². The van der Waals surface area contributed by atoms with Crippen LogP contribution in [-0.2, 0) is 0 Å². The number of hydrogen-bond donors (Lipinski definition) is 2. The Morgan fingerprint density at radius 2 is 1.80 bits per heavy atom. The molecular weight excluding hydrogens is 248 g/mol. The van der Waals surface area contributed by atoms with Gasteiger partial charge in [0.2, 0.25) is 5.95 Å². The highest BCUT2D eigenvalue weighted by Gasteiger charge is 1.98. The molecule has 0 aliphatic heterocycles. The van der Waals surface area contributed by atoms with Crippen LogP contribution in [0.5, 0.6) is 0 Å². The maximum atomic E-state index is 4.36. The molecule has 0 saturated heterocycles. The standard InChI is InChI=1S/C16H14N4/c1-2-7-13(8-3-1)9-6-12-17-20-16-18-14-10-4-5-11-15(14)19-16/h1-12H,(H2,18,19,20)/b9-6+,17-12+. The van der Waals surface area contributed by atoms with Gasteiger partial charge in [0.25, 0.3) is 0 Å². The molecule has 0 aliphatic rings. The molecule has 3 aromatic rings. The van der Waals surface area contributed by atoms with Crippen LogP contribution in [0.2, 0.25) is 0 Å². The van der Waals surface area contributed by atoms with E-state index >= 15 is 0 Å². The van der Waals surface area contributed by atoms with E-state index in [0.717, 1.165) is 16.6 Å². The van der Waals surface area contributed by atoms with Crippen LogP contribution < -0.4 is 5.43 Å². The Labute approximate surface area is 116 Å². The number of nitrogens with zero attached hydrogens (tertiary/aromatic N) is 2. The lowest BCUT2D eigenvalue weighted by Crippen LogP contribution is -1.89. The number of hydrazone groups is 1. The van der Waals surface area contributed by atoms with Crippen LogP contribution in [0.15, 0.2) is 65.8 Å². The molecule has 20 heavy (non-hydrogen) atoms. The van der Waals surface area contributed by atoms with Crippen LogP contribution in [0.25, 0.3) is 17.1 Å². The number of aromatic nitrogens is 2. The quantitative estimate of drug-likeness (QED) is 0.556. The molecule has 2 aromatic carbocycles. The van der Waals surface area contributed by atoms with E-state index in [-0.39, 0.29) is 0 Å². The van der Waals surface area contributed by atoms with E-state index < -0.39 is 0 Å². The van der Waals surface area contributed by atoms with E-state index in [1.807, 2.05) is 66.7 Å². The minimum Gasteiger partial charge on any atom is -0.323 e. The maximum Gasteiger partial charge on any atom is 0.222 e. The van der Waals surface area contributed by atoms with Crippen LogP contribution >= 0.6 is 0 Å². The molecule has 0 bridgehead atoms. The lowest BCUT2D eigenvalue weighted by molar-refractivity contribution is 1.22. The summed E-state index contributed by atoms with van der Waals surface area (Å²) in [5, 5.41) is 4.10. The zero-order chi connectivity index (χ0) is 13.6. The van der Waals surface area contributed by atoms with Gasteiger partial charge < -0.3 is 4.98 Å². The molecule has 4 nitrogen and oxygen atoms in total. The second-order valence-electron chi connectivity index (χ2n) is 4.26. The topological polar surface area (TPSA) is 53.1 Å². The molecule has 0 fully saturated rings. The molecule has 0 radical (unpaired) electrons. The second kappa shape index (κ2) is 5.84. The van der Waals surface area contributed by atoms with Gasteiger partial charge in [-0.15, -0.1) is 0 Å². The smallest absolute Gasteiger partial charge is 0.222 e. The van der Waals surface area contributed by atoms with Crippen LogP contribution in [0.1, 0.15) is 5.56 Å². The predicted molar refractivity (Wildman–Crippen MR) is 83.7 cm³/mol. The highest BCUT2D eigenvalue weighted by atomic mass is 15.3. The van der Waals surface area contributed by atoms with Gasteiger partial charge in [0.1, 0.15) is 0 Å². The van der Waals surface area contributed by atoms with Crippen molar-refractivity contribution in [1.82, 2.24) is 9.97 Å². The van der Waals surface area contributed by atoms with E-state index in [4.69, 9.17) is 0 Å². The first kappa shape index (κ1) is 12.2. The summed E-state index contributed by atoms with van der Waals surface area (Å²) in [4.78, 5) is 7.51. The van der Waals surface area contributed by atoms with Crippen LogP contribution in [-0.4, -0.2) is 16.2 Å². The highest BCUT2D eigenvalue weighted by Crippen LogP contribution is 2.12. The van der Waals surface area contributed by atoms with E-state index in [9.17, 15) is 0 Å². The number of fused-ring (bicyclic) bond motifs is 1. The highest BCUT2D eigenvalue weighted by molar-refractivity contribution is 5.80. The summed E-state index contributed by atoms with van der Waals surface area (Å²) < 4.78 is 0. The molecule has 1 heterocycles. The summed E-state index contributed by atoms with van der Waals surface area (Å²) in [6.45, 7) is 0. The van der Waals surface area contributed by atoms with Gasteiger partial charge in [-0.1, -0.05) is 48.5 Å². The number of nitrogens with one attached hydrogen (secondary N) is 2. The zero-order valence-corrected chi connectivity index (χ0v) is 10.8. The summed E-state index contributed by atoms with van der Waals surface area (Å²) >= 11 is 0. The van der Waals surface area contributed by atoms with E-state index in [1.54, 1.807) is 6.21 Å². The summed E-state index contributed by atoms with van der Waals surface area (Å²) in [6, 6.07) is 17.9. The zero-order valence-electron chi connectivity index (χ0n) is 10.8. The molecular formula is C16H14N4. The minimum absolute atomic E-state index is 0.635.